The number of nitrogens with zero attached hydrogens (tertiary/aromatic N) is 1. The molecule has 0 fully saturated rings. The number of hydrogen-bond donors (Lipinski definition) is 2. The van der Waals surface area contributed by atoms with Crippen LogP contribution in [0.1, 0.15) is 10.4 Å². The highest BCUT2D eigenvalue weighted by Crippen LogP contribution is 1.97. The minimum atomic E-state index is -0.539. The monoisotopic (exact) mass is 222 g/mol. The number of amides is 1. The SMILES string of the molecule is CN(C)CC(O)CNC(=O)c1ccccc1. The molecule has 1 unspecified atom stereocenters. The second kappa shape index (κ2) is 6.25. The Hall–Kier alpha value is -1.39. The van der Waals surface area contributed by atoms with Crippen molar-refractivity contribution in [1.29, 1.82) is 0 Å². The maximum absolute atomic E-state index is 11.6. The number of carbonyl (C=O) groups excluding carboxylic acids is 1. The Bertz CT molecular complexity index is 325. The summed E-state index contributed by atoms with van der Waals surface area (Å²) in [6, 6.07) is 8.97. The molecule has 1 aromatic rings. The van der Waals surface area contributed by atoms with Crippen molar-refractivity contribution in [2.45, 2.75) is 6.10 Å². The topological polar surface area (TPSA) is 52.6 Å². The van der Waals surface area contributed by atoms with E-state index in [2.05, 4.69) is 5.32 Å². The Balaban J connectivity index is 2.36. The van der Waals surface area contributed by atoms with Gasteiger partial charge in [0.1, 0.15) is 0 Å². The smallest absolute Gasteiger partial charge is 0.251 e. The summed E-state index contributed by atoms with van der Waals surface area (Å²) in [4.78, 5) is 13.5. The van der Waals surface area contributed by atoms with Crippen LogP contribution >= 0.6 is 0 Å². The summed E-state index contributed by atoms with van der Waals surface area (Å²) >= 11 is 0. The predicted molar refractivity (Wildman–Crippen MR) is 63.3 cm³/mol. The van der Waals surface area contributed by atoms with Gasteiger partial charge in [-0.15, -0.1) is 0 Å². The van der Waals surface area contributed by atoms with E-state index in [0.29, 0.717) is 12.1 Å². The minimum absolute atomic E-state index is 0.154. The van der Waals surface area contributed by atoms with Gasteiger partial charge in [-0.2, -0.15) is 0 Å². The summed E-state index contributed by atoms with van der Waals surface area (Å²) in [5, 5.41) is 12.2. The second-order valence-electron chi connectivity index (χ2n) is 3.99. The average Bonchev–Trinajstić information content (AvgIpc) is 2.26. The third-order valence-corrected chi connectivity index (χ3v) is 2.11. The number of rotatable bonds is 5. The lowest BCUT2D eigenvalue weighted by Crippen LogP contribution is -2.37. The van der Waals surface area contributed by atoms with Gasteiger partial charge in [0, 0.05) is 18.7 Å². The second-order valence-corrected chi connectivity index (χ2v) is 3.99. The summed E-state index contributed by atoms with van der Waals surface area (Å²) in [5.74, 6) is -0.154. The maximum Gasteiger partial charge on any atom is 0.251 e. The van der Waals surface area contributed by atoms with Gasteiger partial charge in [0.15, 0.2) is 0 Å². The lowest BCUT2D eigenvalue weighted by Gasteiger charge is -2.16. The molecule has 1 aromatic carbocycles. The van der Waals surface area contributed by atoms with Crippen LogP contribution in [0.5, 0.6) is 0 Å². The summed E-state index contributed by atoms with van der Waals surface area (Å²) in [6.45, 7) is 0.807. The predicted octanol–water partition coefficient (Wildman–Crippen LogP) is 0.339. The van der Waals surface area contributed by atoms with Gasteiger partial charge in [0.05, 0.1) is 6.10 Å². The van der Waals surface area contributed by atoms with E-state index in [-0.39, 0.29) is 12.5 Å². The van der Waals surface area contributed by atoms with Crippen molar-refractivity contribution in [2.75, 3.05) is 27.2 Å². The first-order chi connectivity index (χ1) is 7.59. The lowest BCUT2D eigenvalue weighted by molar-refractivity contribution is 0.0892. The number of carbonyl (C=O) groups is 1. The van der Waals surface area contributed by atoms with E-state index >= 15 is 0 Å². The zero-order chi connectivity index (χ0) is 12.0. The van der Waals surface area contributed by atoms with Gasteiger partial charge in [-0.1, -0.05) is 18.2 Å². The number of aliphatic hydroxyl groups is 1. The van der Waals surface area contributed by atoms with Crippen LogP contribution in [-0.4, -0.2) is 49.2 Å². The molecular formula is C12H18N2O2. The van der Waals surface area contributed by atoms with E-state index in [9.17, 15) is 9.90 Å². The van der Waals surface area contributed by atoms with Gasteiger partial charge >= 0.3 is 0 Å². The van der Waals surface area contributed by atoms with Crippen molar-refractivity contribution in [3.63, 3.8) is 0 Å². The van der Waals surface area contributed by atoms with Gasteiger partial charge in [-0.3, -0.25) is 4.79 Å². The van der Waals surface area contributed by atoms with E-state index in [4.69, 9.17) is 0 Å². The molecule has 0 heterocycles. The summed E-state index contributed by atoms with van der Waals surface area (Å²) < 4.78 is 0. The number of nitrogens with one attached hydrogen (secondary N) is 1. The minimum Gasteiger partial charge on any atom is -0.390 e. The van der Waals surface area contributed by atoms with Gasteiger partial charge in [0.25, 0.3) is 5.91 Å². The first kappa shape index (κ1) is 12.7. The zero-order valence-corrected chi connectivity index (χ0v) is 9.68. The van der Waals surface area contributed by atoms with Crippen LogP contribution in [0.2, 0.25) is 0 Å². The molecule has 0 aromatic heterocycles. The van der Waals surface area contributed by atoms with Gasteiger partial charge < -0.3 is 15.3 Å². The molecule has 0 bridgehead atoms. The quantitative estimate of drug-likeness (QED) is 0.755. The van der Waals surface area contributed by atoms with Crippen LogP contribution in [0.15, 0.2) is 30.3 Å². The van der Waals surface area contributed by atoms with Crippen molar-refractivity contribution in [3.05, 3.63) is 35.9 Å². The molecule has 0 radical (unpaired) electrons. The molecule has 1 amide bonds. The van der Waals surface area contributed by atoms with Crippen molar-refractivity contribution in [2.24, 2.45) is 0 Å². The highest BCUT2D eigenvalue weighted by atomic mass is 16.3. The van der Waals surface area contributed by atoms with Crippen LogP contribution in [0, 0.1) is 0 Å². The molecule has 1 atom stereocenters. The highest BCUT2D eigenvalue weighted by molar-refractivity contribution is 5.94. The van der Waals surface area contributed by atoms with E-state index < -0.39 is 6.10 Å². The third-order valence-electron chi connectivity index (χ3n) is 2.11. The number of hydrogen-bond acceptors (Lipinski definition) is 3. The molecule has 2 N–H and O–H groups in total. The largest absolute Gasteiger partial charge is 0.390 e. The number of benzene rings is 1. The van der Waals surface area contributed by atoms with E-state index in [0.717, 1.165) is 0 Å². The molecule has 4 nitrogen and oxygen atoms in total. The average molecular weight is 222 g/mol. The third kappa shape index (κ3) is 4.42. The maximum atomic E-state index is 11.6. The van der Waals surface area contributed by atoms with E-state index in [1.54, 1.807) is 12.1 Å². The molecule has 0 aliphatic heterocycles. The number of likely N-dealkylation sites (N-methyl/N-ethyl adjacent to an activating group) is 1. The Morgan fingerprint density at radius 2 is 2.00 bits per heavy atom. The van der Waals surface area contributed by atoms with Crippen molar-refractivity contribution >= 4 is 5.91 Å². The van der Waals surface area contributed by atoms with Crippen LogP contribution in [-0.2, 0) is 0 Å². The Morgan fingerprint density at radius 1 is 1.38 bits per heavy atom. The van der Waals surface area contributed by atoms with Crippen LogP contribution in [0.25, 0.3) is 0 Å². The molecule has 0 aliphatic rings. The Kier molecular flexibility index (Phi) is 4.95. The lowest BCUT2D eigenvalue weighted by atomic mass is 10.2. The fourth-order valence-electron chi connectivity index (χ4n) is 1.39. The first-order valence-corrected chi connectivity index (χ1v) is 5.25. The summed E-state index contributed by atoms with van der Waals surface area (Å²) in [6.07, 6.45) is -0.539. The first-order valence-electron chi connectivity index (χ1n) is 5.25. The normalized spacial score (nSPS) is 12.5. The van der Waals surface area contributed by atoms with Crippen LogP contribution in [0.4, 0.5) is 0 Å². The molecule has 0 aliphatic carbocycles. The fourth-order valence-corrected chi connectivity index (χ4v) is 1.39. The van der Waals surface area contributed by atoms with Gasteiger partial charge in [0.2, 0.25) is 0 Å². The summed E-state index contributed by atoms with van der Waals surface area (Å²) in [5.41, 5.74) is 0.611. The molecule has 0 spiro atoms. The Morgan fingerprint density at radius 3 is 2.56 bits per heavy atom. The molecule has 88 valence electrons. The molecule has 1 rings (SSSR count). The van der Waals surface area contributed by atoms with Gasteiger partial charge in [-0.25, -0.2) is 0 Å². The van der Waals surface area contributed by atoms with Crippen molar-refractivity contribution in [1.82, 2.24) is 10.2 Å². The molecule has 0 saturated carbocycles. The molecular weight excluding hydrogens is 204 g/mol. The highest BCUT2D eigenvalue weighted by Gasteiger charge is 2.08. The molecule has 4 heteroatoms. The van der Waals surface area contributed by atoms with E-state index in [1.165, 1.54) is 0 Å². The fraction of sp³-hybridized carbons (Fsp3) is 0.417. The van der Waals surface area contributed by atoms with Gasteiger partial charge in [-0.05, 0) is 26.2 Å². The Labute approximate surface area is 95.9 Å². The number of aliphatic hydroxyl groups excluding tert-OH is 1. The van der Waals surface area contributed by atoms with Crippen molar-refractivity contribution in [3.8, 4) is 0 Å². The standard InChI is InChI=1S/C12H18N2O2/c1-14(2)9-11(15)8-13-12(16)10-6-4-3-5-7-10/h3-7,11,15H,8-9H2,1-2H3,(H,13,16). The van der Waals surface area contributed by atoms with Crippen LogP contribution in [0.3, 0.4) is 0 Å². The zero-order valence-electron chi connectivity index (χ0n) is 9.68. The van der Waals surface area contributed by atoms with E-state index in [1.807, 2.05) is 37.2 Å². The molecule has 16 heavy (non-hydrogen) atoms. The van der Waals surface area contributed by atoms with Crippen molar-refractivity contribution < 1.29 is 9.90 Å². The molecule has 0 saturated heterocycles. The summed E-state index contributed by atoms with van der Waals surface area (Å²) in [7, 11) is 3.75. The van der Waals surface area contributed by atoms with Crippen LogP contribution < -0.4 is 5.32 Å².